The van der Waals surface area contributed by atoms with E-state index in [-0.39, 0.29) is 28.9 Å². The molecule has 142 valence electrons. The van der Waals surface area contributed by atoms with E-state index in [1.54, 1.807) is 4.57 Å². The van der Waals surface area contributed by atoms with Crippen molar-refractivity contribution in [3.8, 4) is 0 Å². The highest BCUT2D eigenvalue weighted by molar-refractivity contribution is 5.83. The summed E-state index contributed by atoms with van der Waals surface area (Å²) in [6.07, 6.45) is 5.99. The number of aromatic amines is 1. The van der Waals surface area contributed by atoms with Crippen LogP contribution in [0.2, 0.25) is 0 Å². The molecule has 1 N–H and O–H groups in total. The van der Waals surface area contributed by atoms with Gasteiger partial charge in [0.15, 0.2) is 28.7 Å². The smallest absolute Gasteiger partial charge is 0.284 e. The molecule has 1 aliphatic carbocycles. The predicted molar refractivity (Wildman–Crippen MR) is 95.5 cm³/mol. The Kier molecular flexibility index (Phi) is 3.71. The van der Waals surface area contributed by atoms with Gasteiger partial charge in [-0.15, -0.1) is 0 Å². The summed E-state index contributed by atoms with van der Waals surface area (Å²) in [4.78, 5) is 27.2. The van der Waals surface area contributed by atoms with Gasteiger partial charge in [-0.2, -0.15) is 0 Å². The van der Waals surface area contributed by atoms with Crippen LogP contribution in [0.15, 0.2) is 29.3 Å². The maximum Gasteiger partial charge on any atom is 0.284 e. The molecular formula is C19H14F3N5O. The number of nitrogens with one attached hydrogen (secondary N) is 1. The van der Waals surface area contributed by atoms with Crippen LogP contribution in [0.3, 0.4) is 0 Å². The van der Waals surface area contributed by atoms with Crippen molar-refractivity contribution in [2.24, 2.45) is 0 Å². The summed E-state index contributed by atoms with van der Waals surface area (Å²) in [5, 5.41) is 0.0984. The van der Waals surface area contributed by atoms with Gasteiger partial charge in [-0.25, -0.2) is 28.1 Å². The quantitative estimate of drug-likeness (QED) is 0.586. The molecule has 1 saturated carbocycles. The zero-order chi connectivity index (χ0) is 19.4. The Labute approximate surface area is 156 Å². The highest BCUT2D eigenvalue weighted by atomic mass is 19.2. The lowest BCUT2D eigenvalue weighted by molar-refractivity contribution is 0.391. The van der Waals surface area contributed by atoms with Crippen LogP contribution in [-0.2, 0) is 6.54 Å². The molecule has 5 rings (SSSR count). The number of nitrogens with zero attached hydrogens (tertiary/aromatic N) is 4. The standard InChI is InChI=1S/C19H14F3N5O/c20-12-5-4-10-11(13(21)19(28)25-15(10)14(12)22)8-27-17(9-2-1-3-9)26-16-18(27)24-7-6-23-16/h4-7,9H,1-3,8H2,(H,25,28). The Hall–Kier alpha value is -3.23. The van der Waals surface area contributed by atoms with Crippen molar-refractivity contribution in [3.05, 3.63) is 63.7 Å². The molecule has 0 radical (unpaired) electrons. The zero-order valence-corrected chi connectivity index (χ0v) is 14.5. The number of H-pyrrole nitrogens is 1. The fourth-order valence-electron chi connectivity index (χ4n) is 3.66. The molecule has 0 unspecified atom stereocenters. The van der Waals surface area contributed by atoms with Gasteiger partial charge in [0.05, 0.1) is 12.1 Å². The van der Waals surface area contributed by atoms with Gasteiger partial charge in [-0.05, 0) is 25.0 Å². The minimum Gasteiger partial charge on any atom is -0.317 e. The first-order valence-electron chi connectivity index (χ1n) is 8.90. The molecule has 3 heterocycles. The van der Waals surface area contributed by atoms with Crippen molar-refractivity contribution >= 4 is 22.2 Å². The number of rotatable bonds is 3. The Morgan fingerprint density at radius 3 is 2.64 bits per heavy atom. The summed E-state index contributed by atoms with van der Waals surface area (Å²) in [5.41, 5.74) is -0.617. The van der Waals surface area contributed by atoms with E-state index in [2.05, 4.69) is 19.9 Å². The predicted octanol–water partition coefficient (Wildman–Crippen LogP) is 3.40. The van der Waals surface area contributed by atoms with Crippen LogP contribution >= 0.6 is 0 Å². The van der Waals surface area contributed by atoms with Gasteiger partial charge in [0, 0.05) is 29.3 Å². The third-order valence-corrected chi connectivity index (χ3v) is 5.32. The molecule has 1 aromatic carbocycles. The second-order valence-corrected chi connectivity index (χ2v) is 6.92. The van der Waals surface area contributed by atoms with Crippen molar-refractivity contribution in [2.45, 2.75) is 31.7 Å². The molecule has 28 heavy (non-hydrogen) atoms. The van der Waals surface area contributed by atoms with Gasteiger partial charge in [-0.3, -0.25) is 4.79 Å². The number of hydrogen-bond acceptors (Lipinski definition) is 4. The molecule has 0 aliphatic heterocycles. The monoisotopic (exact) mass is 385 g/mol. The molecule has 9 heteroatoms. The number of fused-ring (bicyclic) bond motifs is 2. The van der Waals surface area contributed by atoms with E-state index in [4.69, 9.17) is 0 Å². The summed E-state index contributed by atoms with van der Waals surface area (Å²) < 4.78 is 44.2. The van der Waals surface area contributed by atoms with Crippen LogP contribution in [-0.4, -0.2) is 24.5 Å². The van der Waals surface area contributed by atoms with E-state index in [1.807, 2.05) is 0 Å². The topological polar surface area (TPSA) is 76.5 Å². The minimum absolute atomic E-state index is 0.0387. The number of aromatic nitrogens is 5. The van der Waals surface area contributed by atoms with Crippen LogP contribution in [0.25, 0.3) is 22.2 Å². The first kappa shape index (κ1) is 16.9. The lowest BCUT2D eigenvalue weighted by atomic mass is 9.85. The van der Waals surface area contributed by atoms with Crippen LogP contribution in [0, 0.1) is 17.5 Å². The number of imidazole rings is 1. The largest absolute Gasteiger partial charge is 0.317 e. The molecule has 4 aromatic rings. The molecule has 6 nitrogen and oxygen atoms in total. The molecule has 3 aromatic heterocycles. The SMILES string of the molecule is O=c1[nH]c2c(F)c(F)ccc2c(Cn2c(C3CCC3)nc3nccnc32)c1F. The normalized spacial score (nSPS) is 14.7. The Morgan fingerprint density at radius 1 is 1.11 bits per heavy atom. The van der Waals surface area contributed by atoms with Gasteiger partial charge in [0.2, 0.25) is 0 Å². The zero-order valence-electron chi connectivity index (χ0n) is 14.5. The first-order valence-corrected chi connectivity index (χ1v) is 8.90. The minimum atomic E-state index is -1.22. The van der Waals surface area contributed by atoms with Gasteiger partial charge >= 0.3 is 0 Å². The maximum atomic E-state index is 14.8. The van der Waals surface area contributed by atoms with Gasteiger partial charge < -0.3 is 9.55 Å². The summed E-state index contributed by atoms with van der Waals surface area (Å²) in [5.74, 6) is -2.46. The summed E-state index contributed by atoms with van der Waals surface area (Å²) in [7, 11) is 0. The first-order chi connectivity index (χ1) is 13.5. The van der Waals surface area contributed by atoms with Gasteiger partial charge in [-0.1, -0.05) is 6.42 Å². The Balaban J connectivity index is 1.76. The van der Waals surface area contributed by atoms with Crippen molar-refractivity contribution in [3.63, 3.8) is 0 Å². The number of benzene rings is 1. The molecule has 0 amide bonds. The average molecular weight is 385 g/mol. The molecule has 0 spiro atoms. The van der Waals surface area contributed by atoms with Crippen molar-refractivity contribution in [2.75, 3.05) is 0 Å². The Morgan fingerprint density at radius 2 is 1.89 bits per heavy atom. The molecular weight excluding hydrogens is 371 g/mol. The van der Waals surface area contributed by atoms with E-state index in [0.29, 0.717) is 17.1 Å². The van der Waals surface area contributed by atoms with Crippen molar-refractivity contribution < 1.29 is 13.2 Å². The highest BCUT2D eigenvalue weighted by Gasteiger charge is 2.28. The molecule has 1 fully saturated rings. The van der Waals surface area contributed by atoms with Crippen LogP contribution in [0.5, 0.6) is 0 Å². The maximum absolute atomic E-state index is 14.8. The molecule has 0 saturated heterocycles. The number of pyridine rings is 1. The van der Waals surface area contributed by atoms with Crippen molar-refractivity contribution in [1.29, 1.82) is 0 Å². The molecule has 0 atom stereocenters. The third kappa shape index (κ3) is 2.42. The molecule has 0 bridgehead atoms. The van der Waals surface area contributed by atoms with E-state index in [9.17, 15) is 18.0 Å². The van der Waals surface area contributed by atoms with Crippen LogP contribution in [0.4, 0.5) is 13.2 Å². The Bertz CT molecular complexity index is 1290. The lowest BCUT2D eigenvalue weighted by Gasteiger charge is -2.25. The fraction of sp³-hybridized carbons (Fsp3) is 0.263. The summed E-state index contributed by atoms with van der Waals surface area (Å²) in [6.45, 7) is -0.0850. The van der Waals surface area contributed by atoms with Crippen molar-refractivity contribution in [1.82, 2.24) is 24.5 Å². The lowest BCUT2D eigenvalue weighted by Crippen LogP contribution is -2.20. The summed E-state index contributed by atoms with van der Waals surface area (Å²) in [6, 6.07) is 2.17. The van der Waals surface area contributed by atoms with E-state index in [1.165, 1.54) is 18.5 Å². The van der Waals surface area contributed by atoms with Crippen LogP contribution in [0.1, 0.15) is 36.6 Å². The third-order valence-electron chi connectivity index (χ3n) is 5.32. The van der Waals surface area contributed by atoms with E-state index >= 15 is 0 Å². The van der Waals surface area contributed by atoms with E-state index < -0.39 is 23.0 Å². The second-order valence-electron chi connectivity index (χ2n) is 6.92. The number of hydrogen-bond donors (Lipinski definition) is 1. The average Bonchev–Trinajstić information content (AvgIpc) is 2.99. The summed E-state index contributed by atoms with van der Waals surface area (Å²) >= 11 is 0. The van der Waals surface area contributed by atoms with Gasteiger partial charge in [0.25, 0.3) is 5.56 Å². The second kappa shape index (κ2) is 6.15. The van der Waals surface area contributed by atoms with Crippen LogP contribution < -0.4 is 5.56 Å². The highest BCUT2D eigenvalue weighted by Crippen LogP contribution is 2.37. The van der Waals surface area contributed by atoms with Gasteiger partial charge in [0.1, 0.15) is 5.82 Å². The van der Waals surface area contributed by atoms with E-state index in [0.717, 1.165) is 25.3 Å². The number of halogens is 3. The molecule has 1 aliphatic rings. The fourth-order valence-corrected chi connectivity index (χ4v) is 3.66.